The minimum Gasteiger partial charge on any atom is -1.00 e. The van der Waals surface area contributed by atoms with Crippen LogP contribution >= 0.6 is 11.3 Å². The summed E-state index contributed by atoms with van der Waals surface area (Å²) < 4.78 is 37.7. The first-order chi connectivity index (χ1) is 21.4. The van der Waals surface area contributed by atoms with Crippen LogP contribution in [0.25, 0.3) is 20.7 Å². The average Bonchev–Trinajstić information content (AvgIpc) is 3.43. The van der Waals surface area contributed by atoms with Gasteiger partial charge in [0.15, 0.2) is 0 Å². The van der Waals surface area contributed by atoms with Gasteiger partial charge in [0.1, 0.15) is 35.3 Å². The number of hydrogen-bond donors (Lipinski definition) is 1. The molecule has 6 rings (SSSR count). The van der Waals surface area contributed by atoms with Crippen molar-refractivity contribution in [2.24, 2.45) is 0 Å². The fourth-order valence-electron chi connectivity index (χ4n) is 5.37. The van der Waals surface area contributed by atoms with Gasteiger partial charge in [-0.2, -0.15) is 0 Å². The quantitative estimate of drug-likeness (QED) is 0.249. The maximum Gasteiger partial charge on any atom is 0.332 e. The summed E-state index contributed by atoms with van der Waals surface area (Å²) >= 11 is 1.28. The van der Waals surface area contributed by atoms with Crippen LogP contribution in [0.4, 0.5) is 8.78 Å². The van der Waals surface area contributed by atoms with Gasteiger partial charge in [0, 0.05) is 21.6 Å². The van der Waals surface area contributed by atoms with Crippen LogP contribution in [0.3, 0.4) is 0 Å². The van der Waals surface area contributed by atoms with Crippen molar-refractivity contribution in [2.75, 3.05) is 7.11 Å². The second-order valence-electron chi connectivity index (χ2n) is 10.4. The van der Waals surface area contributed by atoms with Crippen molar-refractivity contribution in [1.82, 2.24) is 9.13 Å². The average molecular weight is 646 g/mol. The number of thiophene rings is 1. The first-order valence-corrected chi connectivity index (χ1v) is 15.0. The number of benzene rings is 4. The van der Waals surface area contributed by atoms with Crippen LogP contribution < -0.4 is 33.7 Å². The Labute approximate surface area is 268 Å². The van der Waals surface area contributed by atoms with Crippen LogP contribution in [0.15, 0.2) is 113 Å². The minimum atomic E-state index is -0.755. The predicted molar refractivity (Wildman–Crippen MR) is 169 cm³/mol. The van der Waals surface area contributed by atoms with Gasteiger partial charge in [-0.1, -0.05) is 66.7 Å². The van der Waals surface area contributed by atoms with Crippen molar-refractivity contribution in [1.29, 1.82) is 0 Å². The summed E-state index contributed by atoms with van der Waals surface area (Å²) in [5.41, 5.74) is 2.21. The molecule has 2 aromatic heterocycles. The molecule has 0 aliphatic carbocycles. The highest BCUT2D eigenvalue weighted by Crippen LogP contribution is 2.37. The van der Waals surface area contributed by atoms with Gasteiger partial charge < -0.3 is 22.5 Å². The van der Waals surface area contributed by atoms with E-state index in [1.165, 1.54) is 38.7 Å². The molecule has 0 radical (unpaired) electrons. The molecule has 6 aromatic rings. The van der Waals surface area contributed by atoms with E-state index in [1.807, 2.05) is 84.9 Å². The van der Waals surface area contributed by atoms with Crippen molar-refractivity contribution < 1.29 is 31.2 Å². The predicted octanol–water partition coefficient (Wildman–Crippen LogP) is 2.54. The third-order valence-electron chi connectivity index (χ3n) is 7.64. The third-order valence-corrected chi connectivity index (χ3v) is 8.94. The molecule has 0 saturated carbocycles. The van der Waals surface area contributed by atoms with Gasteiger partial charge in [0.25, 0.3) is 5.56 Å². The highest BCUT2D eigenvalue weighted by Gasteiger charge is 2.25. The van der Waals surface area contributed by atoms with Crippen molar-refractivity contribution in [3.05, 3.63) is 158 Å². The second kappa shape index (κ2) is 14.0. The van der Waals surface area contributed by atoms with Crippen LogP contribution in [0.2, 0.25) is 0 Å². The van der Waals surface area contributed by atoms with Crippen LogP contribution in [0, 0.1) is 11.6 Å². The van der Waals surface area contributed by atoms with Gasteiger partial charge in [-0.25, -0.2) is 13.6 Å². The van der Waals surface area contributed by atoms with E-state index in [-0.39, 0.29) is 31.1 Å². The number of aromatic nitrogens is 2. The van der Waals surface area contributed by atoms with Crippen molar-refractivity contribution in [3.8, 4) is 16.2 Å². The summed E-state index contributed by atoms with van der Waals surface area (Å²) in [6.45, 7) is 0.787. The van der Waals surface area contributed by atoms with Crippen LogP contribution in [-0.4, -0.2) is 16.2 Å². The molecule has 6 nitrogen and oxygen atoms in total. The standard InChI is InChI=1S/C35H29F2N3O3S.ClH/c1-43-26-17-15-25(16-18-26)32-27(20-38-19-23-9-4-2-5-10-23)31-33(41)39(21-24-11-6-3-7-12-24)35(42)40(34(31)44-32)22-28-29(36)13-8-14-30(28)37;/h2-18,38H,19-22H2,1H3;1H. The lowest BCUT2D eigenvalue weighted by molar-refractivity contribution is -0.686. The number of nitrogens with zero attached hydrogens (tertiary/aromatic N) is 2. The summed E-state index contributed by atoms with van der Waals surface area (Å²) in [4.78, 5) is 29.5. The zero-order chi connectivity index (χ0) is 30.6. The van der Waals surface area contributed by atoms with Gasteiger partial charge in [-0.05, 0) is 47.5 Å². The number of methoxy groups -OCH3 is 1. The molecule has 0 spiro atoms. The maximum absolute atomic E-state index is 14.9. The fraction of sp³-hybridized carbons (Fsp3) is 0.143. The summed E-state index contributed by atoms with van der Waals surface area (Å²) in [7, 11) is 1.59. The van der Waals surface area contributed by atoms with E-state index in [0.717, 1.165) is 27.1 Å². The molecule has 10 heteroatoms. The van der Waals surface area contributed by atoms with Gasteiger partial charge in [0.05, 0.1) is 25.6 Å². The molecule has 2 N–H and O–H groups in total. The Kier molecular flexibility index (Phi) is 9.93. The SMILES string of the molecule is COc1ccc(-c2sc3c(c2C[NH2+]Cc2ccccc2)c(=O)n(Cc2ccccc2)c(=O)n3Cc2c(F)cccc2F)cc1.[Cl-]. The van der Waals surface area contributed by atoms with Gasteiger partial charge in [-0.15, -0.1) is 11.3 Å². The molecule has 0 bridgehead atoms. The number of halogens is 3. The van der Waals surface area contributed by atoms with E-state index in [1.54, 1.807) is 7.11 Å². The molecule has 0 aliphatic rings. The van der Waals surface area contributed by atoms with Crippen molar-refractivity contribution >= 4 is 21.6 Å². The van der Waals surface area contributed by atoms with Crippen molar-refractivity contribution in [2.45, 2.75) is 26.2 Å². The van der Waals surface area contributed by atoms with Gasteiger partial charge in [-0.3, -0.25) is 13.9 Å². The van der Waals surface area contributed by atoms with Crippen LogP contribution in [-0.2, 0) is 26.2 Å². The summed E-state index contributed by atoms with van der Waals surface area (Å²) in [5, 5.41) is 2.48. The number of rotatable bonds is 10. The Bertz CT molecular complexity index is 2020. The molecule has 4 aromatic carbocycles. The third kappa shape index (κ3) is 6.61. The van der Waals surface area contributed by atoms with E-state index in [0.29, 0.717) is 29.1 Å². The van der Waals surface area contributed by atoms with Crippen LogP contribution in [0.1, 0.15) is 22.3 Å². The normalized spacial score (nSPS) is 11.0. The zero-order valence-electron chi connectivity index (χ0n) is 24.4. The molecular weight excluding hydrogens is 616 g/mol. The van der Waals surface area contributed by atoms with E-state index >= 15 is 0 Å². The minimum absolute atomic E-state index is 0. The summed E-state index contributed by atoms with van der Waals surface area (Å²) in [6.07, 6.45) is 0. The van der Waals surface area contributed by atoms with Crippen molar-refractivity contribution in [3.63, 3.8) is 0 Å². The van der Waals surface area contributed by atoms with Crippen LogP contribution in [0.5, 0.6) is 5.75 Å². The highest BCUT2D eigenvalue weighted by molar-refractivity contribution is 7.22. The van der Waals surface area contributed by atoms with Gasteiger partial charge >= 0.3 is 5.69 Å². The Hall–Kier alpha value is -4.57. The van der Waals surface area contributed by atoms with E-state index in [9.17, 15) is 18.4 Å². The molecular formula is C35H30ClF2N3O3S. The summed E-state index contributed by atoms with van der Waals surface area (Å²) in [6, 6.07) is 30.3. The highest BCUT2D eigenvalue weighted by atomic mass is 35.5. The lowest BCUT2D eigenvalue weighted by Gasteiger charge is -2.14. The molecule has 230 valence electrons. The maximum atomic E-state index is 14.9. The first kappa shape index (κ1) is 31.8. The molecule has 45 heavy (non-hydrogen) atoms. The lowest BCUT2D eigenvalue weighted by atomic mass is 10.1. The molecule has 0 aliphatic heterocycles. The number of ether oxygens (including phenoxy) is 1. The Morgan fingerprint density at radius 2 is 1.33 bits per heavy atom. The summed E-state index contributed by atoms with van der Waals surface area (Å²) in [5.74, 6) is -0.826. The lowest BCUT2D eigenvalue weighted by Crippen LogP contribution is -3.00. The molecule has 0 saturated heterocycles. The molecule has 0 fully saturated rings. The van der Waals surface area contributed by atoms with Gasteiger partial charge in [0.2, 0.25) is 0 Å². The number of hydrogen-bond acceptors (Lipinski definition) is 4. The zero-order valence-corrected chi connectivity index (χ0v) is 26.0. The smallest absolute Gasteiger partial charge is 0.332 e. The van der Waals surface area contributed by atoms with E-state index in [4.69, 9.17) is 4.74 Å². The number of fused-ring (bicyclic) bond motifs is 1. The van der Waals surface area contributed by atoms with E-state index in [2.05, 4.69) is 5.32 Å². The molecule has 0 atom stereocenters. The molecule has 0 unspecified atom stereocenters. The Morgan fingerprint density at radius 3 is 1.96 bits per heavy atom. The topological polar surface area (TPSA) is 69.8 Å². The molecule has 0 amide bonds. The largest absolute Gasteiger partial charge is 1.00 e. The second-order valence-corrected chi connectivity index (χ2v) is 11.4. The first-order valence-electron chi connectivity index (χ1n) is 14.2. The number of nitrogens with two attached hydrogens (primary N) is 1. The number of quaternary nitrogens is 1. The Balaban J connectivity index is 0.00000400. The Morgan fingerprint density at radius 1 is 0.711 bits per heavy atom. The molecule has 2 heterocycles. The fourth-order valence-corrected chi connectivity index (χ4v) is 6.69. The monoisotopic (exact) mass is 645 g/mol. The van der Waals surface area contributed by atoms with E-state index < -0.39 is 22.9 Å².